The number of anilines is 1. The Kier molecular flexibility index (Phi) is 9.05. The molecule has 1 aromatic carbocycles. The summed E-state index contributed by atoms with van der Waals surface area (Å²) in [4.78, 5) is 18.5. The molecular weight excluding hydrogens is 462 g/mol. The van der Waals surface area contributed by atoms with E-state index < -0.39 is 5.60 Å². The van der Waals surface area contributed by atoms with E-state index in [1.165, 1.54) is 6.21 Å². The molecule has 188 valence electrons. The first-order chi connectivity index (χ1) is 16.7. The first kappa shape index (κ1) is 26.9. The van der Waals surface area contributed by atoms with Gasteiger partial charge in [0, 0.05) is 61.0 Å². The highest BCUT2D eigenvalue weighted by Gasteiger charge is 2.35. The molecule has 0 radical (unpaired) electrons. The minimum Gasteiger partial charge on any atom is -0.389 e. The van der Waals surface area contributed by atoms with Crippen LogP contribution >= 0.6 is 11.6 Å². The van der Waals surface area contributed by atoms with Crippen LogP contribution in [0.5, 0.6) is 0 Å². The van der Waals surface area contributed by atoms with E-state index in [-0.39, 0.29) is 5.41 Å². The quantitative estimate of drug-likeness (QED) is 0.275. The van der Waals surface area contributed by atoms with E-state index in [1.807, 2.05) is 37.5 Å². The van der Waals surface area contributed by atoms with Crippen molar-refractivity contribution in [2.75, 3.05) is 38.1 Å². The first-order valence-corrected chi connectivity index (χ1v) is 12.4. The van der Waals surface area contributed by atoms with Crippen LogP contribution in [0.15, 0.2) is 42.9 Å². The third kappa shape index (κ3) is 6.90. The molecule has 1 aromatic heterocycles. The average Bonchev–Trinajstić information content (AvgIpc) is 2.85. The van der Waals surface area contributed by atoms with Gasteiger partial charge in [-0.2, -0.15) is 0 Å². The van der Waals surface area contributed by atoms with Crippen molar-refractivity contribution in [2.45, 2.75) is 38.7 Å². The van der Waals surface area contributed by atoms with Gasteiger partial charge in [-0.3, -0.25) is 4.98 Å². The van der Waals surface area contributed by atoms with E-state index in [9.17, 15) is 9.90 Å². The summed E-state index contributed by atoms with van der Waals surface area (Å²) < 4.78 is 0. The number of aromatic nitrogens is 1. The second-order valence-corrected chi connectivity index (χ2v) is 10.3. The number of carbonyl (C=O) groups is 1. The summed E-state index contributed by atoms with van der Waals surface area (Å²) in [6.07, 6.45) is 10.1. The molecule has 0 aliphatic carbocycles. The van der Waals surface area contributed by atoms with Gasteiger partial charge in [0.2, 0.25) is 0 Å². The summed E-state index contributed by atoms with van der Waals surface area (Å²) in [5, 5.41) is 24.5. The molecule has 0 saturated carbocycles. The van der Waals surface area contributed by atoms with Gasteiger partial charge in [-0.15, -0.1) is 0 Å². The van der Waals surface area contributed by atoms with Gasteiger partial charge in [-0.05, 0) is 57.8 Å². The Labute approximate surface area is 213 Å². The Morgan fingerprint density at radius 3 is 2.51 bits per heavy atom. The fraction of sp³-hybridized carbons (Fsp3) is 0.444. The van der Waals surface area contributed by atoms with Gasteiger partial charge in [0.15, 0.2) is 0 Å². The maximum atomic E-state index is 11.9. The second-order valence-electron chi connectivity index (χ2n) is 9.85. The fourth-order valence-corrected chi connectivity index (χ4v) is 4.68. The Morgan fingerprint density at radius 2 is 1.94 bits per heavy atom. The Hall–Kier alpha value is -2.74. The zero-order valence-corrected chi connectivity index (χ0v) is 21.5. The van der Waals surface area contributed by atoms with Crippen molar-refractivity contribution >= 4 is 35.4 Å². The van der Waals surface area contributed by atoms with Crippen LogP contribution in [-0.4, -0.2) is 61.4 Å². The van der Waals surface area contributed by atoms with Gasteiger partial charge in [0.25, 0.3) is 0 Å². The van der Waals surface area contributed by atoms with E-state index in [0.717, 1.165) is 67.6 Å². The molecule has 2 aromatic rings. The SMILES string of the molecule is CNCCC1(C=O)CCN(c2c(Cl)cncc2-c2ccc(/C(C=N)=C/NCC(C)(C)O)cc2)CC1. The molecule has 3 rings (SSSR count). The Morgan fingerprint density at radius 1 is 1.26 bits per heavy atom. The predicted molar refractivity (Wildman–Crippen MR) is 144 cm³/mol. The summed E-state index contributed by atoms with van der Waals surface area (Å²) in [6, 6.07) is 7.94. The lowest BCUT2D eigenvalue weighted by Gasteiger charge is -2.40. The minimum absolute atomic E-state index is 0.282. The van der Waals surface area contributed by atoms with Crippen molar-refractivity contribution in [3.05, 3.63) is 53.4 Å². The van der Waals surface area contributed by atoms with Crippen molar-refractivity contribution in [2.24, 2.45) is 5.41 Å². The molecule has 0 unspecified atom stereocenters. The zero-order valence-electron chi connectivity index (χ0n) is 20.8. The van der Waals surface area contributed by atoms with Crippen LogP contribution in [-0.2, 0) is 4.79 Å². The number of nitrogens with one attached hydrogen (secondary N) is 3. The van der Waals surface area contributed by atoms with Crippen LogP contribution in [0.3, 0.4) is 0 Å². The van der Waals surface area contributed by atoms with E-state index in [0.29, 0.717) is 17.1 Å². The summed E-state index contributed by atoms with van der Waals surface area (Å²) >= 11 is 6.65. The molecular formula is C27H36ClN5O2. The molecule has 1 saturated heterocycles. The fourth-order valence-electron chi connectivity index (χ4n) is 4.40. The number of carbonyl (C=O) groups excluding carboxylic acids is 1. The molecule has 0 amide bonds. The van der Waals surface area contributed by atoms with Gasteiger partial charge >= 0.3 is 0 Å². The number of hydrogen-bond acceptors (Lipinski definition) is 7. The Balaban J connectivity index is 1.82. The number of nitrogens with zero attached hydrogens (tertiary/aromatic N) is 2. The number of aldehydes is 1. The Bertz CT molecular complexity index is 1040. The van der Waals surface area contributed by atoms with E-state index in [1.54, 1.807) is 26.2 Å². The van der Waals surface area contributed by atoms with Gasteiger partial charge in [-0.25, -0.2) is 0 Å². The van der Waals surface area contributed by atoms with Gasteiger partial charge in [0.1, 0.15) is 6.29 Å². The summed E-state index contributed by atoms with van der Waals surface area (Å²) in [6.45, 7) is 6.18. The van der Waals surface area contributed by atoms with Crippen LogP contribution in [0.1, 0.15) is 38.7 Å². The molecule has 0 atom stereocenters. The molecule has 7 nitrogen and oxygen atoms in total. The second kappa shape index (κ2) is 11.8. The highest BCUT2D eigenvalue weighted by atomic mass is 35.5. The zero-order chi connectivity index (χ0) is 25.5. The summed E-state index contributed by atoms with van der Waals surface area (Å²) in [7, 11) is 1.91. The minimum atomic E-state index is -0.837. The summed E-state index contributed by atoms with van der Waals surface area (Å²) in [5.41, 5.74) is 3.35. The van der Waals surface area contributed by atoms with Crippen LogP contribution in [0.2, 0.25) is 5.02 Å². The van der Waals surface area contributed by atoms with Gasteiger partial charge < -0.3 is 30.8 Å². The molecule has 0 bridgehead atoms. The van der Waals surface area contributed by atoms with Crippen LogP contribution in [0.25, 0.3) is 16.7 Å². The molecule has 8 heteroatoms. The number of aliphatic hydroxyl groups is 1. The summed E-state index contributed by atoms with van der Waals surface area (Å²) in [5.74, 6) is 0. The largest absolute Gasteiger partial charge is 0.389 e. The molecule has 1 aliphatic heterocycles. The molecule has 1 fully saturated rings. The smallest absolute Gasteiger partial charge is 0.126 e. The third-order valence-corrected chi connectivity index (χ3v) is 6.82. The van der Waals surface area contributed by atoms with Crippen molar-refractivity contribution in [3.8, 4) is 11.1 Å². The standard InChI is InChI=1S/C27H36ClN5O2/c1-26(2,35)18-32-15-22(14-29)20-4-6-21(7-5-20)23-16-31-17-24(28)25(23)33-12-9-27(19-34,10-13-33)8-11-30-3/h4-7,14-17,19,29-30,32,35H,8-13,18H2,1-3H3/b22-15+,29-14?. The third-order valence-electron chi connectivity index (χ3n) is 6.55. The number of pyridine rings is 1. The highest BCUT2D eigenvalue weighted by molar-refractivity contribution is 6.33. The van der Waals surface area contributed by atoms with Gasteiger partial charge in [-0.1, -0.05) is 35.9 Å². The van der Waals surface area contributed by atoms with Crippen molar-refractivity contribution in [3.63, 3.8) is 0 Å². The number of piperidine rings is 1. The maximum absolute atomic E-state index is 11.9. The number of allylic oxidation sites excluding steroid dienone is 1. The van der Waals surface area contributed by atoms with E-state index >= 15 is 0 Å². The van der Waals surface area contributed by atoms with Crippen LogP contribution in [0, 0.1) is 10.8 Å². The molecule has 2 heterocycles. The lowest BCUT2D eigenvalue weighted by atomic mass is 9.77. The normalized spacial score (nSPS) is 16.1. The lowest BCUT2D eigenvalue weighted by Crippen LogP contribution is -2.42. The lowest BCUT2D eigenvalue weighted by molar-refractivity contribution is -0.117. The molecule has 35 heavy (non-hydrogen) atoms. The van der Waals surface area contributed by atoms with Crippen molar-refractivity contribution in [1.82, 2.24) is 15.6 Å². The van der Waals surface area contributed by atoms with Crippen molar-refractivity contribution < 1.29 is 9.90 Å². The first-order valence-electron chi connectivity index (χ1n) is 12.0. The molecule has 1 aliphatic rings. The monoisotopic (exact) mass is 497 g/mol. The predicted octanol–water partition coefficient (Wildman–Crippen LogP) is 4.15. The molecule has 0 spiro atoms. The number of halogens is 1. The van der Waals surface area contributed by atoms with E-state index in [4.69, 9.17) is 17.0 Å². The number of rotatable bonds is 11. The topological polar surface area (TPSA) is 101 Å². The molecule has 4 N–H and O–H groups in total. The number of hydrogen-bond donors (Lipinski definition) is 4. The van der Waals surface area contributed by atoms with Gasteiger partial charge in [0.05, 0.1) is 16.3 Å². The number of benzene rings is 1. The van der Waals surface area contributed by atoms with E-state index in [2.05, 4.69) is 20.5 Å². The van der Waals surface area contributed by atoms with Crippen LogP contribution in [0.4, 0.5) is 5.69 Å². The van der Waals surface area contributed by atoms with Crippen LogP contribution < -0.4 is 15.5 Å². The highest BCUT2D eigenvalue weighted by Crippen LogP contribution is 2.41. The average molecular weight is 498 g/mol. The maximum Gasteiger partial charge on any atom is 0.126 e. The van der Waals surface area contributed by atoms with Crippen molar-refractivity contribution in [1.29, 1.82) is 5.41 Å².